The van der Waals surface area contributed by atoms with E-state index in [0.29, 0.717) is 17.3 Å². The number of amides is 1. The van der Waals surface area contributed by atoms with Crippen LogP contribution in [0.15, 0.2) is 29.6 Å². The standard InChI is InChI=1S/C13H14ClN3OS/c1-8(9-2-4-10(14)5-3-9)16-13(18)11-7-19-12(6-15)17-11/h2-5,7-8H,6,15H2,1H3,(H,16,18)/t8-/m0/s1. The fourth-order valence-corrected chi connectivity index (χ4v) is 2.39. The molecule has 0 saturated carbocycles. The van der Waals surface area contributed by atoms with Crippen LogP contribution in [-0.2, 0) is 6.54 Å². The van der Waals surface area contributed by atoms with E-state index < -0.39 is 0 Å². The molecular formula is C13H14ClN3OS. The first kappa shape index (κ1) is 14.0. The first-order chi connectivity index (χ1) is 9.10. The monoisotopic (exact) mass is 295 g/mol. The van der Waals surface area contributed by atoms with E-state index in [9.17, 15) is 4.79 Å². The van der Waals surface area contributed by atoms with E-state index in [4.69, 9.17) is 17.3 Å². The van der Waals surface area contributed by atoms with Crippen molar-refractivity contribution in [2.45, 2.75) is 19.5 Å². The highest BCUT2D eigenvalue weighted by atomic mass is 35.5. The van der Waals surface area contributed by atoms with Crippen LogP contribution in [0.4, 0.5) is 0 Å². The van der Waals surface area contributed by atoms with E-state index in [1.54, 1.807) is 17.5 Å². The molecular weight excluding hydrogens is 282 g/mol. The maximum absolute atomic E-state index is 12.0. The molecule has 0 aliphatic heterocycles. The van der Waals surface area contributed by atoms with Crippen molar-refractivity contribution in [1.29, 1.82) is 0 Å². The number of carbonyl (C=O) groups is 1. The summed E-state index contributed by atoms with van der Waals surface area (Å²) in [6.45, 7) is 2.27. The molecule has 0 aliphatic carbocycles. The summed E-state index contributed by atoms with van der Waals surface area (Å²) in [6.07, 6.45) is 0. The van der Waals surface area contributed by atoms with Gasteiger partial charge in [-0.25, -0.2) is 4.98 Å². The minimum Gasteiger partial charge on any atom is -0.344 e. The number of nitrogens with one attached hydrogen (secondary N) is 1. The van der Waals surface area contributed by atoms with Crippen LogP contribution in [0, 0.1) is 0 Å². The Hall–Kier alpha value is -1.43. The van der Waals surface area contributed by atoms with Crippen molar-refractivity contribution in [3.05, 3.63) is 50.9 Å². The molecule has 6 heteroatoms. The van der Waals surface area contributed by atoms with Crippen LogP contribution >= 0.6 is 22.9 Å². The maximum atomic E-state index is 12.0. The molecule has 1 heterocycles. The first-order valence-electron chi connectivity index (χ1n) is 5.81. The Morgan fingerprint density at radius 1 is 1.47 bits per heavy atom. The number of carbonyl (C=O) groups excluding carboxylic acids is 1. The fraction of sp³-hybridized carbons (Fsp3) is 0.231. The minimum atomic E-state index is -0.196. The Labute approximate surface area is 120 Å². The lowest BCUT2D eigenvalue weighted by Crippen LogP contribution is -2.26. The van der Waals surface area contributed by atoms with Crippen molar-refractivity contribution in [2.75, 3.05) is 0 Å². The Morgan fingerprint density at radius 3 is 2.74 bits per heavy atom. The van der Waals surface area contributed by atoms with Crippen LogP contribution in [0.5, 0.6) is 0 Å². The summed E-state index contributed by atoms with van der Waals surface area (Å²) in [7, 11) is 0. The molecule has 0 fully saturated rings. The molecule has 0 unspecified atom stereocenters. The Kier molecular flexibility index (Phi) is 4.52. The lowest BCUT2D eigenvalue weighted by Gasteiger charge is -2.13. The molecule has 0 aliphatic rings. The second-order valence-electron chi connectivity index (χ2n) is 4.08. The van der Waals surface area contributed by atoms with Gasteiger partial charge < -0.3 is 11.1 Å². The molecule has 0 bridgehead atoms. The van der Waals surface area contributed by atoms with Gasteiger partial charge in [0.05, 0.1) is 6.04 Å². The summed E-state index contributed by atoms with van der Waals surface area (Å²) < 4.78 is 0. The molecule has 0 saturated heterocycles. The molecule has 2 aromatic rings. The van der Waals surface area contributed by atoms with E-state index in [2.05, 4.69) is 10.3 Å². The number of nitrogens with two attached hydrogens (primary N) is 1. The second-order valence-corrected chi connectivity index (χ2v) is 5.46. The van der Waals surface area contributed by atoms with Crippen molar-refractivity contribution in [1.82, 2.24) is 10.3 Å². The van der Waals surface area contributed by atoms with Crippen molar-refractivity contribution in [3.63, 3.8) is 0 Å². The number of nitrogens with zero attached hydrogens (tertiary/aromatic N) is 1. The summed E-state index contributed by atoms with van der Waals surface area (Å²) in [5.41, 5.74) is 6.87. The number of thiazole rings is 1. The van der Waals surface area contributed by atoms with Gasteiger partial charge in [-0.1, -0.05) is 23.7 Å². The molecule has 1 aromatic heterocycles. The van der Waals surface area contributed by atoms with Crippen molar-refractivity contribution in [3.8, 4) is 0 Å². The average molecular weight is 296 g/mol. The van der Waals surface area contributed by atoms with Crippen LogP contribution < -0.4 is 11.1 Å². The molecule has 2 rings (SSSR count). The molecule has 0 radical (unpaired) electrons. The molecule has 1 amide bonds. The molecule has 4 nitrogen and oxygen atoms in total. The number of rotatable bonds is 4. The van der Waals surface area contributed by atoms with Gasteiger partial charge in [0.2, 0.25) is 0 Å². The Morgan fingerprint density at radius 2 is 2.16 bits per heavy atom. The number of halogens is 1. The molecule has 19 heavy (non-hydrogen) atoms. The third kappa shape index (κ3) is 3.53. The minimum absolute atomic E-state index is 0.104. The van der Waals surface area contributed by atoms with Crippen molar-refractivity contribution in [2.24, 2.45) is 5.73 Å². The van der Waals surface area contributed by atoms with E-state index in [-0.39, 0.29) is 11.9 Å². The first-order valence-corrected chi connectivity index (χ1v) is 7.06. The highest BCUT2D eigenvalue weighted by Gasteiger charge is 2.14. The number of hydrogen-bond acceptors (Lipinski definition) is 4. The van der Waals surface area contributed by atoms with E-state index >= 15 is 0 Å². The topological polar surface area (TPSA) is 68.0 Å². The largest absolute Gasteiger partial charge is 0.344 e. The number of benzene rings is 1. The number of hydrogen-bond donors (Lipinski definition) is 2. The summed E-state index contributed by atoms with van der Waals surface area (Å²) in [4.78, 5) is 16.1. The predicted octanol–water partition coefficient (Wildman–Crippen LogP) is 2.75. The zero-order valence-electron chi connectivity index (χ0n) is 10.4. The van der Waals surface area contributed by atoms with Crippen LogP contribution in [0.2, 0.25) is 5.02 Å². The van der Waals surface area contributed by atoms with Crippen molar-refractivity contribution < 1.29 is 4.79 Å². The summed E-state index contributed by atoms with van der Waals surface area (Å²) >= 11 is 7.22. The summed E-state index contributed by atoms with van der Waals surface area (Å²) in [6, 6.07) is 7.27. The predicted molar refractivity (Wildman–Crippen MR) is 77.3 cm³/mol. The molecule has 1 aromatic carbocycles. The third-order valence-corrected chi connectivity index (χ3v) is 3.80. The van der Waals surface area contributed by atoms with Gasteiger partial charge in [-0.2, -0.15) is 0 Å². The normalized spacial score (nSPS) is 12.2. The van der Waals surface area contributed by atoms with Crippen LogP contribution in [0.3, 0.4) is 0 Å². The van der Waals surface area contributed by atoms with Gasteiger partial charge in [0.15, 0.2) is 0 Å². The van der Waals surface area contributed by atoms with Gasteiger partial charge in [-0.05, 0) is 24.6 Å². The van der Waals surface area contributed by atoms with Crippen LogP contribution in [0.1, 0.15) is 34.0 Å². The van der Waals surface area contributed by atoms with Crippen LogP contribution in [-0.4, -0.2) is 10.9 Å². The molecule has 0 spiro atoms. The lowest BCUT2D eigenvalue weighted by atomic mass is 10.1. The second kappa shape index (κ2) is 6.14. The SMILES string of the molecule is C[C@H](NC(=O)c1csc(CN)n1)c1ccc(Cl)cc1. The Balaban J connectivity index is 2.04. The van der Waals surface area contributed by atoms with Gasteiger partial charge in [-0.3, -0.25) is 4.79 Å². The quantitative estimate of drug-likeness (QED) is 0.911. The van der Waals surface area contributed by atoms with Crippen molar-refractivity contribution >= 4 is 28.8 Å². The zero-order valence-corrected chi connectivity index (χ0v) is 12.0. The van der Waals surface area contributed by atoms with Crippen LogP contribution in [0.25, 0.3) is 0 Å². The summed E-state index contributed by atoms with van der Waals surface area (Å²) in [5, 5.41) is 6.03. The van der Waals surface area contributed by atoms with Gasteiger partial charge in [0.1, 0.15) is 10.7 Å². The average Bonchev–Trinajstić information content (AvgIpc) is 2.88. The van der Waals surface area contributed by atoms with E-state index in [1.165, 1.54) is 11.3 Å². The maximum Gasteiger partial charge on any atom is 0.271 e. The third-order valence-electron chi connectivity index (χ3n) is 2.68. The highest BCUT2D eigenvalue weighted by Crippen LogP contribution is 2.17. The number of aromatic nitrogens is 1. The highest BCUT2D eigenvalue weighted by molar-refractivity contribution is 7.09. The lowest BCUT2D eigenvalue weighted by molar-refractivity contribution is 0.0935. The molecule has 100 valence electrons. The van der Waals surface area contributed by atoms with Gasteiger partial charge in [0, 0.05) is 16.9 Å². The van der Waals surface area contributed by atoms with Gasteiger partial charge in [0.25, 0.3) is 5.91 Å². The zero-order chi connectivity index (χ0) is 13.8. The van der Waals surface area contributed by atoms with E-state index in [1.807, 2.05) is 19.1 Å². The van der Waals surface area contributed by atoms with Gasteiger partial charge in [-0.15, -0.1) is 11.3 Å². The van der Waals surface area contributed by atoms with E-state index in [0.717, 1.165) is 10.6 Å². The summed E-state index contributed by atoms with van der Waals surface area (Å²) in [5.74, 6) is -0.196. The molecule has 3 N–H and O–H groups in total. The molecule has 1 atom stereocenters. The van der Waals surface area contributed by atoms with Gasteiger partial charge >= 0.3 is 0 Å². The smallest absolute Gasteiger partial charge is 0.271 e. The fourth-order valence-electron chi connectivity index (χ4n) is 1.61. The Bertz CT molecular complexity index is 568.